The Hall–Kier alpha value is -1.03. The molecule has 4 heteroatoms. The van der Waals surface area contributed by atoms with Gasteiger partial charge in [-0.2, -0.15) is 0 Å². The topological polar surface area (TPSA) is 46.5 Å². The highest BCUT2D eigenvalue weighted by Crippen LogP contribution is 2.15. The molecule has 76 valence electrons. The number of ether oxygens (including phenoxy) is 1. The highest BCUT2D eigenvalue weighted by atomic mass is 79.9. The largest absolute Gasteiger partial charge is 0.497 e. The van der Waals surface area contributed by atoms with E-state index in [1.807, 2.05) is 24.3 Å². The second kappa shape index (κ2) is 5.00. The third kappa shape index (κ3) is 3.03. The van der Waals surface area contributed by atoms with Crippen molar-refractivity contribution in [2.75, 3.05) is 7.11 Å². The van der Waals surface area contributed by atoms with Crippen molar-refractivity contribution in [1.29, 1.82) is 0 Å². The predicted molar refractivity (Wildman–Crippen MR) is 57.0 cm³/mol. The average molecular weight is 259 g/mol. The smallest absolute Gasteiger partial charge is 0.317 e. The van der Waals surface area contributed by atoms with Crippen LogP contribution in [0.3, 0.4) is 0 Å². The van der Waals surface area contributed by atoms with Gasteiger partial charge in [-0.15, -0.1) is 0 Å². The van der Waals surface area contributed by atoms with Gasteiger partial charge in [0.05, 0.1) is 7.11 Å². The molecular formula is C10H11BrO3. The molecule has 0 saturated heterocycles. The van der Waals surface area contributed by atoms with Crippen LogP contribution >= 0.6 is 15.9 Å². The number of aliphatic carboxylic acids is 1. The van der Waals surface area contributed by atoms with Crippen LogP contribution in [0.4, 0.5) is 0 Å². The van der Waals surface area contributed by atoms with Crippen LogP contribution < -0.4 is 4.74 Å². The molecule has 1 atom stereocenters. The molecule has 0 aromatic heterocycles. The number of carboxylic acid groups (broad SMARTS) is 1. The second-order valence-electron chi connectivity index (χ2n) is 2.86. The summed E-state index contributed by atoms with van der Waals surface area (Å²) in [4.78, 5) is 10.0. The number of rotatable bonds is 4. The molecule has 1 aromatic carbocycles. The molecule has 0 radical (unpaired) electrons. The van der Waals surface area contributed by atoms with Gasteiger partial charge in [-0.25, -0.2) is 0 Å². The zero-order valence-corrected chi connectivity index (χ0v) is 9.32. The van der Waals surface area contributed by atoms with Gasteiger partial charge in [0.1, 0.15) is 10.6 Å². The number of halogens is 1. The van der Waals surface area contributed by atoms with Crippen LogP contribution in [0, 0.1) is 0 Å². The Kier molecular flexibility index (Phi) is 3.95. The predicted octanol–water partition coefficient (Wildman–Crippen LogP) is 2.09. The summed E-state index contributed by atoms with van der Waals surface area (Å²) in [5, 5.41) is 8.67. The lowest BCUT2D eigenvalue weighted by Crippen LogP contribution is -2.15. The molecular weight excluding hydrogens is 248 g/mol. The third-order valence-corrected chi connectivity index (χ3v) is 2.56. The van der Waals surface area contributed by atoms with E-state index in [4.69, 9.17) is 9.84 Å². The van der Waals surface area contributed by atoms with Crippen LogP contribution in [0.15, 0.2) is 24.3 Å². The summed E-state index contributed by atoms with van der Waals surface area (Å²) >= 11 is 3.08. The first-order valence-corrected chi connectivity index (χ1v) is 5.05. The number of hydrogen-bond donors (Lipinski definition) is 1. The van der Waals surface area contributed by atoms with Crippen LogP contribution in [0.1, 0.15) is 5.56 Å². The Morgan fingerprint density at radius 2 is 2.07 bits per heavy atom. The van der Waals surface area contributed by atoms with E-state index in [9.17, 15) is 4.79 Å². The van der Waals surface area contributed by atoms with Gasteiger partial charge in [-0.05, 0) is 24.1 Å². The van der Waals surface area contributed by atoms with Crippen LogP contribution in [-0.4, -0.2) is 23.0 Å². The summed E-state index contributed by atoms with van der Waals surface area (Å²) in [5.74, 6) is -0.0731. The molecule has 0 aliphatic heterocycles. The molecule has 0 bridgehead atoms. The Balaban J connectivity index is 2.64. The van der Waals surface area contributed by atoms with Crippen LogP contribution in [0.5, 0.6) is 5.75 Å². The lowest BCUT2D eigenvalue weighted by molar-refractivity contribution is -0.136. The zero-order valence-electron chi connectivity index (χ0n) is 7.74. The maximum atomic E-state index is 10.6. The summed E-state index contributed by atoms with van der Waals surface area (Å²) < 4.78 is 4.99. The highest BCUT2D eigenvalue weighted by Gasteiger charge is 2.13. The molecule has 0 aliphatic carbocycles. The monoisotopic (exact) mass is 258 g/mol. The summed E-state index contributed by atoms with van der Waals surface area (Å²) in [7, 11) is 1.60. The number of alkyl halides is 1. The number of hydrogen-bond acceptors (Lipinski definition) is 2. The van der Waals surface area contributed by atoms with Gasteiger partial charge in [0, 0.05) is 0 Å². The first-order valence-electron chi connectivity index (χ1n) is 4.13. The number of methoxy groups -OCH3 is 1. The molecule has 0 spiro atoms. The van der Waals surface area contributed by atoms with E-state index < -0.39 is 10.8 Å². The highest BCUT2D eigenvalue weighted by molar-refractivity contribution is 9.10. The molecule has 0 fully saturated rings. The summed E-state index contributed by atoms with van der Waals surface area (Å²) in [6, 6.07) is 7.35. The summed E-state index contributed by atoms with van der Waals surface area (Å²) in [6.07, 6.45) is 0.472. The van der Waals surface area contributed by atoms with E-state index in [2.05, 4.69) is 15.9 Å². The molecule has 0 unspecified atom stereocenters. The van der Waals surface area contributed by atoms with Crippen molar-refractivity contribution >= 4 is 21.9 Å². The van der Waals surface area contributed by atoms with Crippen LogP contribution in [-0.2, 0) is 11.2 Å². The minimum atomic E-state index is -0.846. The molecule has 1 aromatic rings. The van der Waals surface area contributed by atoms with Gasteiger partial charge in [-0.3, -0.25) is 4.79 Å². The van der Waals surface area contributed by atoms with Crippen molar-refractivity contribution in [3.8, 4) is 5.75 Å². The van der Waals surface area contributed by atoms with Crippen molar-refractivity contribution in [2.45, 2.75) is 11.2 Å². The fraction of sp³-hybridized carbons (Fsp3) is 0.300. The van der Waals surface area contributed by atoms with Gasteiger partial charge in [0.15, 0.2) is 0 Å². The summed E-state index contributed by atoms with van der Waals surface area (Å²) in [6.45, 7) is 0. The molecule has 0 amide bonds. The van der Waals surface area contributed by atoms with E-state index >= 15 is 0 Å². The Morgan fingerprint density at radius 1 is 1.50 bits per heavy atom. The van der Waals surface area contributed by atoms with Crippen molar-refractivity contribution < 1.29 is 14.6 Å². The quantitative estimate of drug-likeness (QED) is 0.842. The first kappa shape index (κ1) is 11.0. The van der Waals surface area contributed by atoms with E-state index in [-0.39, 0.29) is 0 Å². The van der Waals surface area contributed by atoms with Crippen molar-refractivity contribution in [3.63, 3.8) is 0 Å². The van der Waals surface area contributed by atoms with Gasteiger partial charge in [0.2, 0.25) is 0 Å². The van der Waals surface area contributed by atoms with Crippen molar-refractivity contribution in [2.24, 2.45) is 0 Å². The SMILES string of the molecule is COc1ccc(C[C@@H](Br)C(=O)O)cc1. The van der Waals surface area contributed by atoms with Gasteiger partial charge in [-0.1, -0.05) is 28.1 Å². The van der Waals surface area contributed by atoms with Crippen molar-refractivity contribution in [3.05, 3.63) is 29.8 Å². The molecule has 1 rings (SSSR count). The third-order valence-electron chi connectivity index (χ3n) is 1.84. The minimum absolute atomic E-state index is 0.472. The molecule has 0 heterocycles. The maximum Gasteiger partial charge on any atom is 0.317 e. The normalized spacial score (nSPS) is 12.1. The van der Waals surface area contributed by atoms with E-state index in [0.29, 0.717) is 6.42 Å². The fourth-order valence-corrected chi connectivity index (χ4v) is 1.43. The van der Waals surface area contributed by atoms with Gasteiger partial charge in [0.25, 0.3) is 0 Å². The first-order chi connectivity index (χ1) is 6.63. The maximum absolute atomic E-state index is 10.6. The molecule has 0 aliphatic rings. The standard InChI is InChI=1S/C10H11BrO3/c1-14-8-4-2-7(3-5-8)6-9(11)10(12)13/h2-5,9H,6H2,1H3,(H,12,13)/t9-/m1/s1. The second-order valence-corrected chi connectivity index (χ2v) is 3.96. The Labute approximate surface area is 90.8 Å². The van der Waals surface area contributed by atoms with Gasteiger partial charge >= 0.3 is 5.97 Å². The van der Waals surface area contributed by atoms with E-state index in [1.54, 1.807) is 7.11 Å². The number of benzene rings is 1. The number of carboxylic acids is 1. The Morgan fingerprint density at radius 3 is 2.50 bits per heavy atom. The molecule has 1 N–H and O–H groups in total. The zero-order chi connectivity index (χ0) is 10.6. The molecule has 14 heavy (non-hydrogen) atoms. The minimum Gasteiger partial charge on any atom is -0.497 e. The van der Waals surface area contributed by atoms with Gasteiger partial charge < -0.3 is 9.84 Å². The molecule has 0 saturated carbocycles. The van der Waals surface area contributed by atoms with E-state index in [1.165, 1.54) is 0 Å². The fourth-order valence-electron chi connectivity index (χ4n) is 1.06. The Bertz CT molecular complexity index is 308. The van der Waals surface area contributed by atoms with Crippen LogP contribution in [0.2, 0.25) is 0 Å². The van der Waals surface area contributed by atoms with Crippen molar-refractivity contribution in [1.82, 2.24) is 0 Å². The number of carbonyl (C=O) groups is 1. The lowest BCUT2D eigenvalue weighted by Gasteiger charge is -2.05. The molecule has 3 nitrogen and oxygen atoms in total. The lowest BCUT2D eigenvalue weighted by atomic mass is 10.1. The summed E-state index contributed by atoms with van der Waals surface area (Å²) in [5.41, 5.74) is 0.968. The average Bonchev–Trinajstić information content (AvgIpc) is 2.19. The van der Waals surface area contributed by atoms with Crippen LogP contribution in [0.25, 0.3) is 0 Å². The van der Waals surface area contributed by atoms with E-state index in [0.717, 1.165) is 11.3 Å².